The zero-order valence-electron chi connectivity index (χ0n) is 14.7. The molecule has 1 amide bonds. The zero-order chi connectivity index (χ0) is 18.8. The number of nitrogens with one attached hydrogen (secondary N) is 1. The van der Waals surface area contributed by atoms with Crippen molar-refractivity contribution in [3.05, 3.63) is 70.2 Å². The van der Waals surface area contributed by atoms with E-state index in [0.717, 1.165) is 24.8 Å². The van der Waals surface area contributed by atoms with Crippen LogP contribution in [0.5, 0.6) is 0 Å². The van der Waals surface area contributed by atoms with E-state index in [-0.39, 0.29) is 11.9 Å². The maximum absolute atomic E-state index is 12.2. The lowest BCUT2D eigenvalue weighted by Crippen LogP contribution is -2.11. The van der Waals surface area contributed by atoms with Crippen molar-refractivity contribution in [1.82, 2.24) is 0 Å². The predicted octanol–water partition coefficient (Wildman–Crippen LogP) is 5.41. The highest BCUT2D eigenvalue weighted by molar-refractivity contribution is 9.12. The molecule has 4 nitrogen and oxygen atoms in total. The standard InChI is InChI=1S/C21H22BrNO3/c1-2-3-7-14-26-21(25)17-10-12-18(13-11-17)23-20(24)19(22)15-16-8-5-4-6-9-16/h4-6,8-13,15H,2-3,7,14H2,1H3,(H,23,24)/b19-15-. The van der Waals surface area contributed by atoms with Crippen LogP contribution in [0.3, 0.4) is 0 Å². The Morgan fingerprint density at radius 3 is 2.38 bits per heavy atom. The average Bonchev–Trinajstić information content (AvgIpc) is 2.66. The lowest BCUT2D eigenvalue weighted by molar-refractivity contribution is -0.112. The zero-order valence-corrected chi connectivity index (χ0v) is 16.3. The summed E-state index contributed by atoms with van der Waals surface area (Å²) in [5.74, 6) is -0.604. The van der Waals surface area contributed by atoms with Gasteiger partial charge in [-0.15, -0.1) is 0 Å². The van der Waals surface area contributed by atoms with Crippen LogP contribution in [0.2, 0.25) is 0 Å². The van der Waals surface area contributed by atoms with Crippen LogP contribution < -0.4 is 5.32 Å². The van der Waals surface area contributed by atoms with Crippen LogP contribution in [0.1, 0.15) is 42.1 Å². The molecule has 2 aromatic carbocycles. The molecule has 0 bridgehead atoms. The van der Waals surface area contributed by atoms with Gasteiger partial charge in [-0.05, 0) is 58.3 Å². The number of hydrogen-bond acceptors (Lipinski definition) is 3. The molecular weight excluding hydrogens is 394 g/mol. The van der Waals surface area contributed by atoms with Crippen molar-refractivity contribution in [1.29, 1.82) is 0 Å². The van der Waals surface area contributed by atoms with Crippen molar-refractivity contribution < 1.29 is 14.3 Å². The van der Waals surface area contributed by atoms with Crippen LogP contribution in [-0.4, -0.2) is 18.5 Å². The molecule has 0 heterocycles. The fourth-order valence-corrected chi connectivity index (χ4v) is 2.61. The minimum absolute atomic E-state index is 0.260. The molecule has 0 radical (unpaired) electrons. The van der Waals surface area contributed by atoms with Crippen LogP contribution in [0.4, 0.5) is 5.69 Å². The summed E-state index contributed by atoms with van der Waals surface area (Å²) < 4.78 is 5.63. The Morgan fingerprint density at radius 1 is 1.04 bits per heavy atom. The highest BCUT2D eigenvalue weighted by Gasteiger charge is 2.09. The highest BCUT2D eigenvalue weighted by atomic mass is 79.9. The Kier molecular flexibility index (Phi) is 8.09. The van der Waals surface area contributed by atoms with Crippen LogP contribution in [0, 0.1) is 0 Å². The number of unbranched alkanes of at least 4 members (excludes halogenated alkanes) is 2. The number of halogens is 1. The van der Waals surface area contributed by atoms with Gasteiger partial charge in [0.25, 0.3) is 5.91 Å². The minimum Gasteiger partial charge on any atom is -0.462 e. The Hall–Kier alpha value is -2.40. The molecule has 0 aliphatic rings. The molecule has 5 heteroatoms. The fraction of sp³-hybridized carbons (Fsp3) is 0.238. The molecule has 0 fully saturated rings. The summed E-state index contributed by atoms with van der Waals surface area (Å²) in [5, 5.41) is 2.78. The van der Waals surface area contributed by atoms with E-state index in [4.69, 9.17) is 4.74 Å². The molecule has 2 rings (SSSR count). The van der Waals surface area contributed by atoms with Crippen LogP contribution in [0.25, 0.3) is 6.08 Å². The van der Waals surface area contributed by atoms with E-state index < -0.39 is 0 Å². The van der Waals surface area contributed by atoms with Gasteiger partial charge in [-0.2, -0.15) is 0 Å². The Bertz CT molecular complexity index is 755. The van der Waals surface area contributed by atoms with Crippen LogP contribution >= 0.6 is 15.9 Å². The second-order valence-electron chi connectivity index (χ2n) is 5.78. The summed E-state index contributed by atoms with van der Waals surface area (Å²) in [6, 6.07) is 16.2. The lowest BCUT2D eigenvalue weighted by Gasteiger charge is -2.07. The number of carbonyl (C=O) groups is 2. The summed E-state index contributed by atoms with van der Waals surface area (Å²) >= 11 is 3.29. The number of rotatable bonds is 8. The molecule has 0 aromatic heterocycles. The summed E-state index contributed by atoms with van der Waals surface area (Å²) in [6.07, 6.45) is 4.75. The van der Waals surface area contributed by atoms with Crippen LogP contribution in [-0.2, 0) is 9.53 Å². The van der Waals surface area contributed by atoms with Gasteiger partial charge in [0.05, 0.1) is 16.7 Å². The van der Waals surface area contributed by atoms with E-state index in [1.165, 1.54) is 0 Å². The van der Waals surface area contributed by atoms with E-state index in [9.17, 15) is 9.59 Å². The van der Waals surface area contributed by atoms with Gasteiger partial charge in [0, 0.05) is 5.69 Å². The first kappa shape index (κ1) is 19.9. The third kappa shape index (κ3) is 6.48. The smallest absolute Gasteiger partial charge is 0.338 e. The quantitative estimate of drug-likeness (QED) is 0.356. The summed E-state index contributed by atoms with van der Waals surface area (Å²) in [6.45, 7) is 2.53. The van der Waals surface area contributed by atoms with Gasteiger partial charge >= 0.3 is 5.97 Å². The molecule has 2 aromatic rings. The van der Waals surface area contributed by atoms with Gasteiger partial charge < -0.3 is 10.1 Å². The molecule has 0 spiro atoms. The molecule has 0 saturated heterocycles. The molecule has 0 unspecified atom stereocenters. The average molecular weight is 416 g/mol. The summed E-state index contributed by atoms with van der Waals surface area (Å²) in [4.78, 5) is 24.1. The van der Waals surface area contributed by atoms with E-state index in [1.54, 1.807) is 30.3 Å². The monoisotopic (exact) mass is 415 g/mol. The second kappa shape index (κ2) is 10.6. The third-order valence-electron chi connectivity index (χ3n) is 3.67. The van der Waals surface area contributed by atoms with Crippen molar-refractivity contribution in [2.45, 2.75) is 26.2 Å². The van der Waals surface area contributed by atoms with Crippen molar-refractivity contribution in [3.8, 4) is 0 Å². The SMILES string of the molecule is CCCCCOC(=O)c1ccc(NC(=O)/C(Br)=C/c2ccccc2)cc1. The Morgan fingerprint density at radius 2 is 1.73 bits per heavy atom. The van der Waals surface area contributed by atoms with Gasteiger partial charge in [-0.25, -0.2) is 4.79 Å². The number of amides is 1. The number of ether oxygens (including phenoxy) is 1. The number of esters is 1. The molecule has 26 heavy (non-hydrogen) atoms. The largest absolute Gasteiger partial charge is 0.462 e. The Balaban J connectivity index is 1.91. The first-order valence-electron chi connectivity index (χ1n) is 8.61. The van der Waals surface area contributed by atoms with Gasteiger partial charge in [0.2, 0.25) is 0 Å². The summed E-state index contributed by atoms with van der Waals surface area (Å²) in [7, 11) is 0. The number of benzene rings is 2. The molecule has 0 aliphatic heterocycles. The van der Waals surface area contributed by atoms with E-state index >= 15 is 0 Å². The summed E-state index contributed by atoms with van der Waals surface area (Å²) in [5.41, 5.74) is 2.00. The lowest BCUT2D eigenvalue weighted by atomic mass is 10.2. The van der Waals surface area contributed by atoms with E-state index in [1.807, 2.05) is 30.3 Å². The second-order valence-corrected chi connectivity index (χ2v) is 6.63. The van der Waals surface area contributed by atoms with Crippen molar-refractivity contribution in [2.75, 3.05) is 11.9 Å². The topological polar surface area (TPSA) is 55.4 Å². The van der Waals surface area contributed by atoms with Gasteiger partial charge in [-0.3, -0.25) is 4.79 Å². The molecular formula is C21H22BrNO3. The van der Waals surface area contributed by atoms with Crippen molar-refractivity contribution in [3.63, 3.8) is 0 Å². The first-order chi connectivity index (χ1) is 12.6. The van der Waals surface area contributed by atoms with Gasteiger partial charge in [-0.1, -0.05) is 50.1 Å². The molecule has 1 N–H and O–H groups in total. The minimum atomic E-state index is -0.343. The van der Waals surface area contributed by atoms with E-state index in [2.05, 4.69) is 28.2 Å². The predicted molar refractivity (Wildman–Crippen MR) is 108 cm³/mol. The highest BCUT2D eigenvalue weighted by Crippen LogP contribution is 2.16. The third-order valence-corrected chi connectivity index (χ3v) is 4.26. The normalized spacial score (nSPS) is 11.1. The molecule has 0 atom stereocenters. The van der Waals surface area contributed by atoms with E-state index in [0.29, 0.717) is 22.3 Å². The number of hydrogen-bond donors (Lipinski definition) is 1. The first-order valence-corrected chi connectivity index (χ1v) is 9.40. The maximum Gasteiger partial charge on any atom is 0.338 e. The van der Waals surface area contributed by atoms with Crippen molar-refractivity contribution in [2.24, 2.45) is 0 Å². The molecule has 0 aliphatic carbocycles. The maximum atomic E-state index is 12.2. The molecule has 0 saturated carbocycles. The van der Waals surface area contributed by atoms with Crippen LogP contribution in [0.15, 0.2) is 59.1 Å². The van der Waals surface area contributed by atoms with Gasteiger partial charge in [0.1, 0.15) is 0 Å². The Labute approximate surface area is 162 Å². The van der Waals surface area contributed by atoms with Crippen molar-refractivity contribution >= 4 is 39.6 Å². The number of anilines is 1. The fourth-order valence-electron chi connectivity index (χ4n) is 2.24. The number of carbonyl (C=O) groups excluding carboxylic acids is 2. The molecule has 136 valence electrons. The van der Waals surface area contributed by atoms with Gasteiger partial charge in [0.15, 0.2) is 0 Å².